The standard InChI is InChI=1S/C19H28OS/c1-2-3-4-5-6-10-13-17-14-15-18(21-17)19(20)16-11-8-7-9-12-16/h10,13-16H,2-9,11-12H2,1H3/b13-10+. The molecule has 1 aromatic rings. The lowest BCUT2D eigenvalue weighted by Gasteiger charge is -2.19. The average molecular weight is 304 g/mol. The first-order valence-electron chi connectivity index (χ1n) is 8.62. The highest BCUT2D eigenvalue weighted by atomic mass is 32.1. The fraction of sp³-hybridized carbons (Fsp3) is 0.632. The van der Waals surface area contributed by atoms with E-state index in [4.69, 9.17) is 0 Å². The first kappa shape index (κ1) is 16.5. The molecule has 0 unspecified atom stereocenters. The molecule has 1 aromatic heterocycles. The van der Waals surface area contributed by atoms with Crippen molar-refractivity contribution in [2.24, 2.45) is 5.92 Å². The van der Waals surface area contributed by atoms with Crippen molar-refractivity contribution < 1.29 is 4.79 Å². The Hall–Kier alpha value is -0.890. The highest BCUT2D eigenvalue weighted by Crippen LogP contribution is 2.29. The lowest BCUT2D eigenvalue weighted by atomic mass is 9.86. The van der Waals surface area contributed by atoms with Crippen LogP contribution >= 0.6 is 11.3 Å². The van der Waals surface area contributed by atoms with Crippen LogP contribution in [0.4, 0.5) is 0 Å². The van der Waals surface area contributed by atoms with Crippen molar-refractivity contribution in [2.45, 2.75) is 71.1 Å². The van der Waals surface area contributed by atoms with Crippen LogP contribution in [0.3, 0.4) is 0 Å². The van der Waals surface area contributed by atoms with Crippen molar-refractivity contribution in [2.75, 3.05) is 0 Å². The molecule has 0 aliphatic heterocycles. The van der Waals surface area contributed by atoms with E-state index in [1.165, 1.54) is 49.8 Å². The Balaban J connectivity index is 1.80. The van der Waals surface area contributed by atoms with Crippen LogP contribution in [0, 0.1) is 5.92 Å². The Morgan fingerprint density at radius 3 is 2.76 bits per heavy atom. The molecule has 0 bridgehead atoms. The van der Waals surface area contributed by atoms with Crippen LogP contribution in [-0.4, -0.2) is 5.78 Å². The highest BCUT2D eigenvalue weighted by molar-refractivity contribution is 7.14. The number of unbranched alkanes of at least 4 members (excludes halogenated alkanes) is 4. The van der Waals surface area contributed by atoms with E-state index in [1.54, 1.807) is 11.3 Å². The quantitative estimate of drug-likeness (QED) is 0.396. The van der Waals surface area contributed by atoms with Crippen LogP contribution in [-0.2, 0) is 0 Å². The normalized spacial score (nSPS) is 16.6. The molecule has 0 radical (unpaired) electrons. The predicted octanol–water partition coefficient (Wildman–Crippen LogP) is 6.49. The maximum Gasteiger partial charge on any atom is 0.175 e. The summed E-state index contributed by atoms with van der Waals surface area (Å²) in [7, 11) is 0. The number of carbonyl (C=O) groups is 1. The zero-order valence-corrected chi connectivity index (χ0v) is 14.1. The second-order valence-corrected chi connectivity index (χ2v) is 7.27. The fourth-order valence-corrected chi connectivity index (χ4v) is 3.99. The molecule has 0 aromatic carbocycles. The molecule has 0 atom stereocenters. The maximum atomic E-state index is 12.4. The summed E-state index contributed by atoms with van der Waals surface area (Å²) in [5.74, 6) is 0.686. The highest BCUT2D eigenvalue weighted by Gasteiger charge is 2.23. The van der Waals surface area contributed by atoms with Crippen molar-refractivity contribution in [3.05, 3.63) is 28.0 Å². The van der Waals surface area contributed by atoms with Gasteiger partial charge in [0.2, 0.25) is 0 Å². The van der Waals surface area contributed by atoms with Crippen LogP contribution < -0.4 is 0 Å². The van der Waals surface area contributed by atoms with E-state index in [0.29, 0.717) is 11.7 Å². The number of hydrogen-bond acceptors (Lipinski definition) is 2. The summed E-state index contributed by atoms with van der Waals surface area (Å²) in [5, 5.41) is 0. The Bertz CT molecular complexity index is 452. The SMILES string of the molecule is CCCCCC/C=C/c1ccc(C(=O)C2CCCCC2)s1. The first-order valence-corrected chi connectivity index (χ1v) is 9.43. The fourth-order valence-electron chi connectivity index (χ4n) is 3.03. The van der Waals surface area contributed by atoms with Gasteiger partial charge in [-0.3, -0.25) is 4.79 Å². The maximum absolute atomic E-state index is 12.4. The van der Waals surface area contributed by atoms with Gasteiger partial charge in [0, 0.05) is 10.8 Å². The van der Waals surface area contributed by atoms with Crippen LogP contribution in [0.1, 0.15) is 85.7 Å². The third-order valence-electron chi connectivity index (χ3n) is 4.35. The van der Waals surface area contributed by atoms with Gasteiger partial charge in [0.1, 0.15) is 0 Å². The molecular formula is C19H28OS. The van der Waals surface area contributed by atoms with Crippen molar-refractivity contribution >= 4 is 23.2 Å². The van der Waals surface area contributed by atoms with Gasteiger partial charge in [-0.15, -0.1) is 11.3 Å². The van der Waals surface area contributed by atoms with Gasteiger partial charge in [0.05, 0.1) is 4.88 Å². The summed E-state index contributed by atoms with van der Waals surface area (Å²) in [6, 6.07) is 4.13. The molecule has 0 saturated heterocycles. The Morgan fingerprint density at radius 2 is 2.00 bits per heavy atom. The number of carbonyl (C=O) groups excluding carboxylic acids is 1. The number of rotatable bonds is 8. The molecule has 0 N–H and O–H groups in total. The minimum Gasteiger partial charge on any atom is -0.293 e. The minimum absolute atomic E-state index is 0.295. The minimum atomic E-state index is 0.295. The first-order chi connectivity index (χ1) is 10.3. The summed E-state index contributed by atoms with van der Waals surface area (Å²) in [5.41, 5.74) is 0. The number of ketones is 1. The molecule has 2 rings (SSSR count). The average Bonchev–Trinajstić information content (AvgIpc) is 3.00. The smallest absolute Gasteiger partial charge is 0.175 e. The molecule has 1 heterocycles. The molecule has 116 valence electrons. The number of hydrogen-bond donors (Lipinski definition) is 0. The topological polar surface area (TPSA) is 17.1 Å². The molecule has 1 nitrogen and oxygen atoms in total. The van der Waals surface area contributed by atoms with Crippen molar-refractivity contribution in [3.63, 3.8) is 0 Å². The van der Waals surface area contributed by atoms with Crippen molar-refractivity contribution in [1.29, 1.82) is 0 Å². The lowest BCUT2D eigenvalue weighted by molar-refractivity contribution is 0.0894. The van der Waals surface area contributed by atoms with Gasteiger partial charge in [-0.05, 0) is 43.9 Å². The largest absolute Gasteiger partial charge is 0.293 e. The van der Waals surface area contributed by atoms with Crippen molar-refractivity contribution in [3.8, 4) is 0 Å². The second-order valence-electron chi connectivity index (χ2n) is 6.15. The molecular weight excluding hydrogens is 276 g/mol. The number of thiophene rings is 1. The molecule has 0 spiro atoms. The molecule has 1 aliphatic carbocycles. The van der Waals surface area contributed by atoms with E-state index in [2.05, 4.69) is 25.1 Å². The van der Waals surface area contributed by atoms with Gasteiger partial charge >= 0.3 is 0 Å². The van der Waals surface area contributed by atoms with Gasteiger partial charge in [-0.25, -0.2) is 0 Å². The van der Waals surface area contributed by atoms with Crippen molar-refractivity contribution in [1.82, 2.24) is 0 Å². The number of allylic oxidation sites excluding steroid dienone is 1. The van der Waals surface area contributed by atoms with E-state index in [9.17, 15) is 4.79 Å². The van der Waals surface area contributed by atoms with Gasteiger partial charge < -0.3 is 0 Å². The zero-order chi connectivity index (χ0) is 14.9. The molecule has 0 amide bonds. The van der Waals surface area contributed by atoms with Gasteiger partial charge in [0.15, 0.2) is 5.78 Å². The lowest BCUT2D eigenvalue weighted by Crippen LogP contribution is -2.16. The summed E-state index contributed by atoms with van der Waals surface area (Å²) >= 11 is 1.67. The third kappa shape index (κ3) is 5.43. The summed E-state index contributed by atoms with van der Waals surface area (Å²) < 4.78 is 0. The third-order valence-corrected chi connectivity index (χ3v) is 5.42. The number of Topliss-reactive ketones (excluding diaryl/α,β-unsaturated/α-hetero) is 1. The van der Waals surface area contributed by atoms with E-state index in [0.717, 1.165) is 24.1 Å². The molecule has 1 aliphatic rings. The predicted molar refractivity (Wildman–Crippen MR) is 93.0 cm³/mol. The summed E-state index contributed by atoms with van der Waals surface area (Å²) in [6.45, 7) is 2.24. The Kier molecular flexibility index (Phi) is 7.21. The Labute approximate surface area is 133 Å². The molecule has 21 heavy (non-hydrogen) atoms. The summed E-state index contributed by atoms with van der Waals surface area (Å²) in [4.78, 5) is 14.6. The van der Waals surface area contributed by atoms with Gasteiger partial charge in [-0.2, -0.15) is 0 Å². The van der Waals surface area contributed by atoms with Crippen LogP contribution in [0.2, 0.25) is 0 Å². The monoisotopic (exact) mass is 304 g/mol. The van der Waals surface area contributed by atoms with Gasteiger partial charge in [-0.1, -0.05) is 51.5 Å². The Morgan fingerprint density at radius 1 is 1.19 bits per heavy atom. The van der Waals surface area contributed by atoms with E-state index >= 15 is 0 Å². The van der Waals surface area contributed by atoms with Gasteiger partial charge in [0.25, 0.3) is 0 Å². The summed E-state index contributed by atoms with van der Waals surface area (Å²) in [6.07, 6.45) is 16.8. The molecule has 1 saturated carbocycles. The van der Waals surface area contributed by atoms with E-state index < -0.39 is 0 Å². The van der Waals surface area contributed by atoms with E-state index in [1.807, 2.05) is 6.07 Å². The zero-order valence-electron chi connectivity index (χ0n) is 13.3. The molecule has 2 heteroatoms. The second kappa shape index (κ2) is 9.19. The van der Waals surface area contributed by atoms with Crippen LogP contribution in [0.15, 0.2) is 18.2 Å². The van der Waals surface area contributed by atoms with Crippen LogP contribution in [0.25, 0.3) is 6.08 Å². The molecule has 1 fully saturated rings. The van der Waals surface area contributed by atoms with Crippen LogP contribution in [0.5, 0.6) is 0 Å². The van der Waals surface area contributed by atoms with E-state index in [-0.39, 0.29) is 0 Å².